The molecule has 0 saturated heterocycles. The number of rotatable bonds is 9. The summed E-state index contributed by atoms with van der Waals surface area (Å²) in [7, 11) is 1.89. The van der Waals surface area contributed by atoms with Crippen LogP contribution in [0.25, 0.3) is 11.5 Å². The van der Waals surface area contributed by atoms with Gasteiger partial charge >= 0.3 is 6.61 Å². The Hall–Kier alpha value is -2.71. The van der Waals surface area contributed by atoms with E-state index >= 15 is 0 Å². The average molecular weight is 424 g/mol. The molecule has 0 atom stereocenters. The van der Waals surface area contributed by atoms with Crippen LogP contribution in [0.4, 0.5) is 8.78 Å². The van der Waals surface area contributed by atoms with Crippen molar-refractivity contribution in [3.05, 3.63) is 58.9 Å². The van der Waals surface area contributed by atoms with Crippen molar-refractivity contribution in [1.29, 1.82) is 0 Å². The molecule has 154 valence electrons. The summed E-state index contributed by atoms with van der Waals surface area (Å²) in [6.45, 7) is 0.149. The first-order valence-corrected chi connectivity index (χ1v) is 9.29. The number of halogens is 3. The van der Waals surface area contributed by atoms with Crippen LogP contribution < -0.4 is 9.47 Å². The summed E-state index contributed by atoms with van der Waals surface area (Å²) in [6, 6.07) is 12.0. The van der Waals surface area contributed by atoms with Crippen LogP contribution in [0.2, 0.25) is 5.02 Å². The lowest BCUT2D eigenvalue weighted by Gasteiger charge is -2.17. The second-order valence-electron chi connectivity index (χ2n) is 6.27. The third-order valence-electron chi connectivity index (χ3n) is 3.94. The molecule has 9 heteroatoms. The first-order chi connectivity index (χ1) is 13.9. The van der Waals surface area contributed by atoms with Crippen molar-refractivity contribution in [3.8, 4) is 23.0 Å². The third-order valence-corrected chi connectivity index (χ3v) is 4.19. The van der Waals surface area contributed by atoms with Gasteiger partial charge in [0.2, 0.25) is 11.8 Å². The van der Waals surface area contributed by atoms with Gasteiger partial charge in [-0.1, -0.05) is 17.7 Å². The highest BCUT2D eigenvalue weighted by molar-refractivity contribution is 6.30. The van der Waals surface area contributed by atoms with Gasteiger partial charge in [-0.15, -0.1) is 10.2 Å². The van der Waals surface area contributed by atoms with E-state index in [0.29, 0.717) is 36.5 Å². The average Bonchev–Trinajstić information content (AvgIpc) is 3.12. The van der Waals surface area contributed by atoms with E-state index < -0.39 is 6.61 Å². The minimum absolute atomic E-state index is 0.0118. The Morgan fingerprint density at radius 3 is 2.52 bits per heavy atom. The first-order valence-electron chi connectivity index (χ1n) is 8.92. The molecule has 0 amide bonds. The van der Waals surface area contributed by atoms with E-state index in [1.165, 1.54) is 6.07 Å². The molecular formula is C20H20ClF2N3O3. The van der Waals surface area contributed by atoms with Gasteiger partial charge in [0.15, 0.2) is 11.5 Å². The smallest absolute Gasteiger partial charge is 0.387 e. The Bertz CT molecular complexity index is 935. The fourth-order valence-corrected chi connectivity index (χ4v) is 2.86. The van der Waals surface area contributed by atoms with Gasteiger partial charge in [-0.2, -0.15) is 8.78 Å². The highest BCUT2D eigenvalue weighted by Gasteiger charge is 2.14. The Labute approximate surface area is 172 Å². The number of nitrogens with zero attached hydrogens (tertiary/aromatic N) is 3. The minimum atomic E-state index is -2.91. The number of alkyl halides is 2. The van der Waals surface area contributed by atoms with Crippen LogP contribution in [0.15, 0.2) is 46.9 Å². The number of ether oxygens (including phenoxy) is 2. The zero-order chi connectivity index (χ0) is 20.8. The van der Waals surface area contributed by atoms with Crippen molar-refractivity contribution in [2.75, 3.05) is 13.7 Å². The third kappa shape index (κ3) is 5.88. The maximum absolute atomic E-state index is 12.5. The molecule has 0 fully saturated rings. The van der Waals surface area contributed by atoms with Crippen molar-refractivity contribution in [1.82, 2.24) is 15.1 Å². The Morgan fingerprint density at radius 1 is 1.07 bits per heavy atom. The van der Waals surface area contributed by atoms with Crippen LogP contribution >= 0.6 is 11.6 Å². The molecule has 0 radical (unpaired) electrons. The second kappa shape index (κ2) is 9.67. The van der Waals surface area contributed by atoms with Crippen molar-refractivity contribution >= 4 is 11.6 Å². The van der Waals surface area contributed by atoms with Crippen LogP contribution in [0.3, 0.4) is 0 Å². The van der Waals surface area contributed by atoms with Crippen LogP contribution in [0.5, 0.6) is 11.5 Å². The lowest BCUT2D eigenvalue weighted by atomic mass is 10.2. The monoisotopic (exact) mass is 423 g/mol. The normalized spacial score (nSPS) is 11.3. The molecule has 0 bridgehead atoms. The van der Waals surface area contributed by atoms with E-state index in [1.807, 2.05) is 24.1 Å². The predicted octanol–water partition coefficient (Wildman–Crippen LogP) is 5.02. The molecule has 0 spiro atoms. The van der Waals surface area contributed by atoms with E-state index in [4.69, 9.17) is 20.8 Å². The molecule has 1 aromatic heterocycles. The number of hydrogen-bond acceptors (Lipinski definition) is 6. The molecule has 0 aliphatic carbocycles. The summed E-state index contributed by atoms with van der Waals surface area (Å²) in [5.41, 5.74) is 1.65. The summed E-state index contributed by atoms with van der Waals surface area (Å²) in [6.07, 6.45) is 0. The number of aromatic nitrogens is 2. The van der Waals surface area contributed by atoms with Gasteiger partial charge < -0.3 is 13.9 Å². The highest BCUT2D eigenvalue weighted by Crippen LogP contribution is 2.30. The zero-order valence-corrected chi connectivity index (χ0v) is 16.7. The SMILES string of the molecule is CCOc1cc(CN(C)Cc2nnc(-c3ccc(Cl)cc3)o2)ccc1OC(F)F. The standard InChI is InChI=1S/C20H20ClF2N3O3/c1-3-27-17-10-13(4-9-16(17)28-20(22)23)11-26(2)12-18-24-25-19(29-18)14-5-7-15(21)8-6-14/h4-10,20H,3,11-12H2,1-2H3. The van der Waals surface area contributed by atoms with E-state index in [-0.39, 0.29) is 11.5 Å². The Morgan fingerprint density at radius 2 is 1.83 bits per heavy atom. The van der Waals surface area contributed by atoms with Gasteiger partial charge in [0.05, 0.1) is 13.2 Å². The predicted molar refractivity (Wildman–Crippen MR) is 104 cm³/mol. The van der Waals surface area contributed by atoms with Crippen LogP contribution in [0.1, 0.15) is 18.4 Å². The molecule has 3 aromatic rings. The van der Waals surface area contributed by atoms with Crippen LogP contribution in [-0.4, -0.2) is 35.4 Å². The van der Waals surface area contributed by atoms with Crippen molar-refractivity contribution in [3.63, 3.8) is 0 Å². The summed E-state index contributed by atoms with van der Waals surface area (Å²) >= 11 is 5.89. The lowest BCUT2D eigenvalue weighted by molar-refractivity contribution is -0.0514. The molecule has 6 nitrogen and oxygen atoms in total. The Balaban J connectivity index is 1.65. The molecule has 0 N–H and O–H groups in total. The molecule has 0 aliphatic rings. The lowest BCUT2D eigenvalue weighted by Crippen LogP contribution is -2.17. The summed E-state index contributed by atoms with van der Waals surface area (Å²) in [5, 5.41) is 8.76. The second-order valence-corrected chi connectivity index (χ2v) is 6.71. The van der Waals surface area contributed by atoms with E-state index in [0.717, 1.165) is 11.1 Å². The van der Waals surface area contributed by atoms with Crippen molar-refractivity contribution in [2.24, 2.45) is 0 Å². The van der Waals surface area contributed by atoms with Crippen LogP contribution in [0, 0.1) is 0 Å². The maximum atomic E-state index is 12.5. The fraction of sp³-hybridized carbons (Fsp3) is 0.300. The van der Waals surface area contributed by atoms with Gasteiger partial charge in [0, 0.05) is 17.1 Å². The molecule has 0 unspecified atom stereocenters. The molecule has 3 rings (SSSR count). The number of benzene rings is 2. The molecule has 29 heavy (non-hydrogen) atoms. The number of hydrogen-bond donors (Lipinski definition) is 0. The maximum Gasteiger partial charge on any atom is 0.387 e. The van der Waals surface area contributed by atoms with Gasteiger partial charge in [0.1, 0.15) is 0 Å². The van der Waals surface area contributed by atoms with E-state index in [1.54, 1.807) is 31.2 Å². The first kappa shape index (κ1) is 21.0. The molecule has 1 heterocycles. The largest absolute Gasteiger partial charge is 0.490 e. The topological polar surface area (TPSA) is 60.6 Å². The van der Waals surface area contributed by atoms with Gasteiger partial charge in [0.25, 0.3) is 0 Å². The van der Waals surface area contributed by atoms with Crippen molar-refractivity contribution in [2.45, 2.75) is 26.6 Å². The van der Waals surface area contributed by atoms with Gasteiger partial charge in [-0.05, 0) is 55.9 Å². The summed E-state index contributed by atoms with van der Waals surface area (Å²) in [4.78, 5) is 1.96. The zero-order valence-electron chi connectivity index (χ0n) is 15.9. The highest BCUT2D eigenvalue weighted by atomic mass is 35.5. The Kier molecular flexibility index (Phi) is 7.00. The van der Waals surface area contributed by atoms with Gasteiger partial charge in [-0.25, -0.2) is 0 Å². The summed E-state index contributed by atoms with van der Waals surface area (Å²) in [5.74, 6) is 1.16. The quantitative estimate of drug-likeness (QED) is 0.481. The van der Waals surface area contributed by atoms with Crippen molar-refractivity contribution < 1.29 is 22.7 Å². The molecule has 2 aromatic carbocycles. The van der Waals surface area contributed by atoms with Gasteiger partial charge in [-0.3, -0.25) is 4.90 Å². The fourth-order valence-electron chi connectivity index (χ4n) is 2.74. The minimum Gasteiger partial charge on any atom is -0.490 e. The van der Waals surface area contributed by atoms with E-state index in [9.17, 15) is 8.78 Å². The van der Waals surface area contributed by atoms with Crippen LogP contribution in [-0.2, 0) is 13.1 Å². The summed E-state index contributed by atoms with van der Waals surface area (Å²) < 4.78 is 40.7. The molecular weight excluding hydrogens is 404 g/mol. The molecule has 0 saturated carbocycles. The molecule has 0 aliphatic heterocycles. The van der Waals surface area contributed by atoms with E-state index in [2.05, 4.69) is 14.9 Å².